The average molecular weight is 547 g/mol. The molecule has 0 fully saturated rings. The van der Waals surface area contributed by atoms with Crippen molar-refractivity contribution in [3.63, 3.8) is 0 Å². The highest BCUT2D eigenvalue weighted by Gasteiger charge is 2.25. The zero-order chi connectivity index (χ0) is 28.5. The van der Waals surface area contributed by atoms with Gasteiger partial charge in [0.2, 0.25) is 0 Å². The van der Waals surface area contributed by atoms with Crippen LogP contribution in [0.15, 0.2) is 34.1 Å². The van der Waals surface area contributed by atoms with E-state index < -0.39 is 11.2 Å². The predicted octanol–water partition coefficient (Wildman–Crippen LogP) is 8.75. The number of phenols is 2. The smallest absolute Gasteiger partial charge is 0.305 e. The van der Waals surface area contributed by atoms with E-state index in [-0.39, 0.29) is 17.5 Å². The normalized spacial score (nSPS) is 10.8. The largest absolute Gasteiger partial charge is 0.606 e. The molecule has 0 saturated heterocycles. The zero-order valence-electron chi connectivity index (χ0n) is 24.5. The van der Waals surface area contributed by atoms with Gasteiger partial charge < -0.3 is 19.5 Å². The van der Waals surface area contributed by atoms with Crippen LogP contribution in [-0.2, 0) is 20.7 Å². The lowest BCUT2D eigenvalue weighted by Crippen LogP contribution is -2.10. The first kappa shape index (κ1) is 33.8. The molecule has 0 heterocycles. The molecular formula is C32H50O5S. The van der Waals surface area contributed by atoms with Crippen LogP contribution >= 0.6 is 0 Å². The van der Waals surface area contributed by atoms with Gasteiger partial charge in [0.1, 0.15) is 11.5 Å². The summed E-state index contributed by atoms with van der Waals surface area (Å²) in [6.07, 6.45) is 14.3. The highest BCUT2D eigenvalue weighted by Crippen LogP contribution is 2.34. The molecule has 0 aromatic heterocycles. The van der Waals surface area contributed by atoms with Crippen LogP contribution in [0.4, 0.5) is 0 Å². The van der Waals surface area contributed by atoms with Crippen molar-refractivity contribution >= 4 is 17.1 Å². The summed E-state index contributed by atoms with van der Waals surface area (Å²) in [7, 11) is 0. The summed E-state index contributed by atoms with van der Waals surface area (Å²) < 4.78 is 18.0. The quantitative estimate of drug-likeness (QED) is 0.132. The standard InChI is InChI=1S/C16H18O3S.C16H32O2/c1-9-5-13(17)6-10(2)15(9)20(19)16-11(3)7-14(18)8-12(16)4;1-3-5-7-8-9-10-11-12-13-14-16(17)18-15-6-4-2/h5-8,17-18H,1-4H3;3-15H2,1-2H3. The molecule has 2 aromatic rings. The van der Waals surface area contributed by atoms with E-state index in [1.54, 1.807) is 24.3 Å². The third kappa shape index (κ3) is 12.6. The fourth-order valence-corrected chi connectivity index (χ4v) is 6.13. The van der Waals surface area contributed by atoms with Crippen molar-refractivity contribution in [3.8, 4) is 11.5 Å². The van der Waals surface area contributed by atoms with Crippen molar-refractivity contribution in [1.29, 1.82) is 0 Å². The van der Waals surface area contributed by atoms with E-state index in [0.717, 1.165) is 51.3 Å². The van der Waals surface area contributed by atoms with E-state index in [4.69, 9.17) is 4.74 Å². The number of aromatic hydroxyl groups is 2. The van der Waals surface area contributed by atoms with E-state index in [9.17, 15) is 19.6 Å². The van der Waals surface area contributed by atoms with Crippen LogP contribution < -0.4 is 0 Å². The Bertz CT molecular complexity index is 869. The highest BCUT2D eigenvalue weighted by atomic mass is 32.2. The predicted molar refractivity (Wildman–Crippen MR) is 158 cm³/mol. The van der Waals surface area contributed by atoms with Crippen LogP contribution in [0.25, 0.3) is 0 Å². The Kier molecular flexibility index (Phi) is 16.9. The fourth-order valence-electron chi connectivity index (χ4n) is 4.52. The molecule has 214 valence electrons. The summed E-state index contributed by atoms with van der Waals surface area (Å²) >= 11 is -1.33. The number of carbonyl (C=O) groups is 1. The number of hydrogen-bond donors (Lipinski definition) is 2. The first-order chi connectivity index (χ1) is 18.1. The lowest BCUT2D eigenvalue weighted by atomic mass is 10.1. The van der Waals surface area contributed by atoms with Crippen molar-refractivity contribution in [2.75, 3.05) is 6.61 Å². The van der Waals surface area contributed by atoms with Crippen molar-refractivity contribution in [1.82, 2.24) is 0 Å². The molecular weight excluding hydrogens is 496 g/mol. The second kappa shape index (κ2) is 19.0. The number of carbonyl (C=O) groups excluding carboxylic acids is 1. The molecule has 0 atom stereocenters. The number of phenolic OH excluding ortho intramolecular Hbond substituents is 2. The minimum absolute atomic E-state index is 0.00797. The Morgan fingerprint density at radius 2 is 1.05 bits per heavy atom. The monoisotopic (exact) mass is 546 g/mol. The Labute approximate surface area is 234 Å². The van der Waals surface area contributed by atoms with E-state index >= 15 is 0 Å². The van der Waals surface area contributed by atoms with Crippen molar-refractivity contribution in [2.24, 2.45) is 0 Å². The molecule has 0 amide bonds. The first-order valence-electron chi connectivity index (χ1n) is 14.3. The molecule has 0 unspecified atom stereocenters. The summed E-state index contributed by atoms with van der Waals surface area (Å²) in [6.45, 7) is 12.3. The van der Waals surface area contributed by atoms with Gasteiger partial charge in [-0.2, -0.15) is 0 Å². The number of aryl methyl sites for hydroxylation is 4. The molecule has 2 N–H and O–H groups in total. The third-order valence-corrected chi connectivity index (χ3v) is 8.54. The van der Waals surface area contributed by atoms with Gasteiger partial charge in [-0.25, -0.2) is 0 Å². The molecule has 0 radical (unpaired) electrons. The molecule has 5 nitrogen and oxygen atoms in total. The van der Waals surface area contributed by atoms with Crippen LogP contribution in [0.1, 0.15) is 113 Å². The number of unbranched alkanes of at least 4 members (excludes halogenated alkanes) is 9. The molecule has 0 aliphatic rings. The minimum Gasteiger partial charge on any atom is -0.606 e. The van der Waals surface area contributed by atoms with Gasteiger partial charge in [-0.3, -0.25) is 4.79 Å². The third-order valence-electron chi connectivity index (χ3n) is 6.51. The Morgan fingerprint density at radius 3 is 1.45 bits per heavy atom. The summed E-state index contributed by atoms with van der Waals surface area (Å²) in [4.78, 5) is 12.7. The van der Waals surface area contributed by atoms with Crippen molar-refractivity contribution < 1.29 is 24.3 Å². The topological polar surface area (TPSA) is 89.8 Å². The molecule has 0 aliphatic carbocycles. The second-order valence-corrected chi connectivity index (χ2v) is 11.6. The van der Waals surface area contributed by atoms with Gasteiger partial charge >= 0.3 is 5.97 Å². The summed E-state index contributed by atoms with van der Waals surface area (Å²) in [5, 5.41) is 19.2. The SMILES string of the molecule is CCCCCCCCCCCC(=O)OCCCC.Cc1cc(O)cc(C)c1[S+]([O-])c1c(C)cc(O)cc1C. The van der Waals surface area contributed by atoms with Gasteiger partial charge in [-0.15, -0.1) is 0 Å². The van der Waals surface area contributed by atoms with Gasteiger partial charge in [0.25, 0.3) is 0 Å². The van der Waals surface area contributed by atoms with E-state index in [1.807, 2.05) is 27.7 Å². The lowest BCUT2D eigenvalue weighted by molar-refractivity contribution is -0.143. The maximum absolute atomic E-state index is 12.9. The summed E-state index contributed by atoms with van der Waals surface area (Å²) in [6, 6.07) is 6.47. The van der Waals surface area contributed by atoms with Gasteiger partial charge in [0.05, 0.1) is 6.61 Å². The molecule has 0 spiro atoms. The second-order valence-electron chi connectivity index (χ2n) is 10.2. The van der Waals surface area contributed by atoms with Crippen LogP contribution in [0.3, 0.4) is 0 Å². The number of rotatable bonds is 15. The molecule has 0 saturated carbocycles. The van der Waals surface area contributed by atoms with E-state index in [2.05, 4.69) is 13.8 Å². The minimum atomic E-state index is -1.33. The van der Waals surface area contributed by atoms with Gasteiger partial charge in [-0.1, -0.05) is 71.6 Å². The average Bonchev–Trinajstić information content (AvgIpc) is 2.82. The first-order valence-corrected chi connectivity index (χ1v) is 15.4. The number of benzene rings is 2. The number of ether oxygens (including phenoxy) is 1. The van der Waals surface area contributed by atoms with E-state index in [1.165, 1.54) is 51.4 Å². The summed E-state index contributed by atoms with van der Waals surface area (Å²) in [5.74, 6) is 0.353. The van der Waals surface area contributed by atoms with Gasteiger partial charge in [-0.05, 0) is 64.8 Å². The fraction of sp³-hybridized carbons (Fsp3) is 0.594. The molecule has 2 rings (SSSR count). The Hall–Kier alpha value is -2.18. The van der Waals surface area contributed by atoms with Crippen molar-refractivity contribution in [2.45, 2.75) is 128 Å². The maximum atomic E-state index is 12.9. The van der Waals surface area contributed by atoms with Crippen LogP contribution in [-0.4, -0.2) is 27.3 Å². The molecule has 2 aromatic carbocycles. The molecule has 6 heteroatoms. The molecule has 0 bridgehead atoms. The van der Waals surface area contributed by atoms with Crippen LogP contribution in [0, 0.1) is 27.7 Å². The summed E-state index contributed by atoms with van der Waals surface area (Å²) in [5.41, 5.74) is 3.20. The molecule has 0 aliphatic heterocycles. The number of esters is 1. The number of hydrogen-bond acceptors (Lipinski definition) is 5. The van der Waals surface area contributed by atoms with E-state index in [0.29, 0.717) is 13.0 Å². The lowest BCUT2D eigenvalue weighted by Gasteiger charge is -2.18. The van der Waals surface area contributed by atoms with Crippen molar-refractivity contribution in [3.05, 3.63) is 46.5 Å². The Balaban J connectivity index is 0.000000383. The Morgan fingerprint density at radius 1 is 0.684 bits per heavy atom. The zero-order valence-corrected chi connectivity index (χ0v) is 25.3. The van der Waals surface area contributed by atoms with Crippen LogP contribution in [0.5, 0.6) is 11.5 Å². The maximum Gasteiger partial charge on any atom is 0.305 e. The van der Waals surface area contributed by atoms with Crippen LogP contribution in [0.2, 0.25) is 0 Å². The highest BCUT2D eigenvalue weighted by molar-refractivity contribution is 7.91. The van der Waals surface area contributed by atoms with Gasteiger partial charge in [0.15, 0.2) is 9.79 Å². The van der Waals surface area contributed by atoms with Gasteiger partial charge in [0, 0.05) is 39.9 Å². The molecule has 38 heavy (non-hydrogen) atoms.